The van der Waals surface area contributed by atoms with E-state index in [1.807, 2.05) is 66.2 Å². The van der Waals surface area contributed by atoms with Crippen molar-refractivity contribution in [1.82, 2.24) is 4.98 Å². The summed E-state index contributed by atoms with van der Waals surface area (Å²) in [6, 6.07) is 17.8. The molecule has 0 aliphatic heterocycles. The predicted octanol–water partition coefficient (Wildman–Crippen LogP) is 5.46. The highest BCUT2D eigenvalue weighted by Crippen LogP contribution is 2.30. The Morgan fingerprint density at radius 1 is 1.19 bits per heavy atom. The van der Waals surface area contributed by atoms with Crippen LogP contribution in [0.25, 0.3) is 22.4 Å². The normalized spacial score (nSPS) is 11.0. The number of hydrogen-bond donors (Lipinski definition) is 1. The molecule has 0 spiro atoms. The summed E-state index contributed by atoms with van der Waals surface area (Å²) < 4.78 is 5.82. The number of furan rings is 1. The molecule has 0 unspecified atom stereocenters. The monoisotopic (exact) mass is 380 g/mol. The predicted molar refractivity (Wildman–Crippen MR) is 108 cm³/mol. The van der Waals surface area contributed by atoms with E-state index in [0.29, 0.717) is 17.3 Å². The Labute approximate surface area is 159 Å². The lowest BCUT2D eigenvalue weighted by Gasteiger charge is -2.03. The van der Waals surface area contributed by atoms with Gasteiger partial charge in [0.25, 0.3) is 0 Å². The van der Waals surface area contributed by atoms with Gasteiger partial charge in [0.05, 0.1) is 6.42 Å². The fourth-order valence-electron chi connectivity index (χ4n) is 2.64. The van der Waals surface area contributed by atoms with Crippen molar-refractivity contribution in [2.75, 3.05) is 11.6 Å². The third kappa shape index (κ3) is 3.66. The Morgan fingerprint density at radius 2 is 2.00 bits per heavy atom. The number of thiazole rings is 1. The molecule has 0 saturated heterocycles. The minimum absolute atomic E-state index is 0.0765. The highest BCUT2D eigenvalue weighted by molar-refractivity contribution is 7.98. The number of nitrogens with one attached hydrogen (secondary N) is 1. The number of thioether (sulfide) groups is 1. The van der Waals surface area contributed by atoms with Crippen LogP contribution in [0, 0.1) is 0 Å². The van der Waals surface area contributed by atoms with E-state index in [9.17, 15) is 4.79 Å². The number of anilines is 1. The van der Waals surface area contributed by atoms with Crippen LogP contribution in [0.3, 0.4) is 0 Å². The molecule has 1 N–H and O–H groups in total. The van der Waals surface area contributed by atoms with Gasteiger partial charge in [-0.05, 0) is 36.1 Å². The van der Waals surface area contributed by atoms with Crippen molar-refractivity contribution in [3.63, 3.8) is 0 Å². The number of para-hydroxylation sites is 1. The lowest BCUT2D eigenvalue weighted by atomic mass is 10.1. The first-order valence-corrected chi connectivity index (χ1v) is 10.2. The van der Waals surface area contributed by atoms with E-state index in [-0.39, 0.29) is 5.91 Å². The van der Waals surface area contributed by atoms with E-state index >= 15 is 0 Å². The van der Waals surface area contributed by atoms with Crippen LogP contribution in [0.4, 0.5) is 5.13 Å². The molecule has 0 aliphatic rings. The fourth-order valence-corrected chi connectivity index (χ4v) is 3.77. The van der Waals surface area contributed by atoms with Crippen molar-refractivity contribution >= 4 is 45.1 Å². The minimum atomic E-state index is -0.0765. The van der Waals surface area contributed by atoms with E-state index in [1.165, 1.54) is 16.2 Å². The van der Waals surface area contributed by atoms with E-state index < -0.39 is 0 Å². The molecule has 6 heteroatoms. The lowest BCUT2D eigenvalue weighted by Crippen LogP contribution is -2.14. The van der Waals surface area contributed by atoms with E-state index in [1.54, 1.807) is 11.8 Å². The number of fused-ring (bicyclic) bond motifs is 1. The molecular weight excluding hydrogens is 364 g/mol. The Kier molecular flexibility index (Phi) is 4.77. The minimum Gasteiger partial charge on any atom is -0.454 e. The number of benzene rings is 2. The van der Waals surface area contributed by atoms with Crippen LogP contribution < -0.4 is 5.32 Å². The lowest BCUT2D eigenvalue weighted by molar-refractivity contribution is -0.115. The second-order valence-electron chi connectivity index (χ2n) is 5.76. The number of nitrogens with zero attached hydrogens (tertiary/aromatic N) is 1. The maximum Gasteiger partial charge on any atom is 0.230 e. The third-order valence-electron chi connectivity index (χ3n) is 3.95. The molecule has 2 aromatic heterocycles. The number of carbonyl (C=O) groups excluding carboxylic acids is 1. The Balaban J connectivity index is 1.44. The summed E-state index contributed by atoms with van der Waals surface area (Å²) in [5.74, 6) is 0.628. The molecule has 0 radical (unpaired) electrons. The van der Waals surface area contributed by atoms with Crippen LogP contribution in [0.2, 0.25) is 0 Å². The summed E-state index contributed by atoms with van der Waals surface area (Å²) in [7, 11) is 0. The third-order valence-corrected chi connectivity index (χ3v) is 5.45. The zero-order valence-corrected chi connectivity index (χ0v) is 15.7. The summed E-state index contributed by atoms with van der Waals surface area (Å²) in [4.78, 5) is 17.9. The van der Waals surface area contributed by atoms with E-state index in [0.717, 1.165) is 22.2 Å². The van der Waals surface area contributed by atoms with Crippen LogP contribution in [0.5, 0.6) is 0 Å². The van der Waals surface area contributed by atoms with Gasteiger partial charge < -0.3 is 9.73 Å². The summed E-state index contributed by atoms with van der Waals surface area (Å²) in [6.07, 6.45) is 2.36. The summed E-state index contributed by atoms with van der Waals surface area (Å²) >= 11 is 3.08. The second-order valence-corrected chi connectivity index (χ2v) is 7.50. The summed E-state index contributed by atoms with van der Waals surface area (Å²) in [5, 5.41) is 6.37. The van der Waals surface area contributed by atoms with Crippen molar-refractivity contribution in [3.05, 3.63) is 65.5 Å². The fraction of sp³-hybridized carbons (Fsp3) is 0.100. The highest BCUT2D eigenvalue weighted by Gasteiger charge is 2.12. The van der Waals surface area contributed by atoms with Gasteiger partial charge in [0.2, 0.25) is 5.91 Å². The van der Waals surface area contributed by atoms with Gasteiger partial charge in [-0.1, -0.05) is 30.3 Å². The molecular formula is C20H16N2O2S2. The molecule has 4 rings (SSSR count). The zero-order chi connectivity index (χ0) is 17.9. The van der Waals surface area contributed by atoms with Gasteiger partial charge in [-0.3, -0.25) is 4.79 Å². The molecule has 4 nitrogen and oxygen atoms in total. The highest BCUT2D eigenvalue weighted by atomic mass is 32.2. The average molecular weight is 380 g/mol. The molecule has 0 atom stereocenters. The first-order valence-electron chi connectivity index (χ1n) is 8.08. The van der Waals surface area contributed by atoms with Gasteiger partial charge in [0.15, 0.2) is 10.9 Å². The van der Waals surface area contributed by atoms with Crippen LogP contribution in [0.1, 0.15) is 5.56 Å². The van der Waals surface area contributed by atoms with Gasteiger partial charge in [-0.25, -0.2) is 4.98 Å². The summed E-state index contributed by atoms with van der Waals surface area (Å²) in [5.41, 5.74) is 2.54. The van der Waals surface area contributed by atoms with Crippen LogP contribution in [-0.4, -0.2) is 17.1 Å². The molecule has 0 saturated carbocycles. The standard InChI is InChI=1S/C20H16N2O2S2/c1-25-15-8-6-13(7-9-15)10-19(23)22-20-21-16(12-26-20)18-11-14-4-2-3-5-17(14)24-18/h2-9,11-12H,10H2,1H3,(H,21,22,23). The van der Waals surface area contributed by atoms with Gasteiger partial charge in [0.1, 0.15) is 11.3 Å². The van der Waals surface area contributed by atoms with E-state index in [2.05, 4.69) is 10.3 Å². The van der Waals surface area contributed by atoms with Gasteiger partial charge in [0, 0.05) is 15.7 Å². The second kappa shape index (κ2) is 7.35. The maximum absolute atomic E-state index is 12.2. The molecule has 4 aromatic rings. The molecule has 2 aromatic carbocycles. The Bertz CT molecular complexity index is 1020. The summed E-state index contributed by atoms with van der Waals surface area (Å²) in [6.45, 7) is 0. The molecule has 26 heavy (non-hydrogen) atoms. The van der Waals surface area contributed by atoms with Crippen molar-refractivity contribution in [3.8, 4) is 11.5 Å². The maximum atomic E-state index is 12.2. The Morgan fingerprint density at radius 3 is 2.77 bits per heavy atom. The number of carbonyl (C=O) groups is 1. The topological polar surface area (TPSA) is 55.1 Å². The molecule has 0 bridgehead atoms. The SMILES string of the molecule is CSc1ccc(CC(=O)Nc2nc(-c3cc4ccccc4o3)cs2)cc1. The van der Waals surface area contributed by atoms with Crippen molar-refractivity contribution < 1.29 is 9.21 Å². The molecule has 1 amide bonds. The van der Waals surface area contributed by atoms with Gasteiger partial charge in [-0.2, -0.15) is 0 Å². The molecule has 2 heterocycles. The average Bonchev–Trinajstić information content (AvgIpc) is 3.28. The number of amides is 1. The van der Waals surface area contributed by atoms with E-state index in [4.69, 9.17) is 4.42 Å². The number of aromatic nitrogens is 1. The van der Waals surface area contributed by atoms with Crippen molar-refractivity contribution in [2.45, 2.75) is 11.3 Å². The smallest absolute Gasteiger partial charge is 0.230 e. The van der Waals surface area contributed by atoms with Crippen LogP contribution in [0.15, 0.2) is 69.3 Å². The Hall–Kier alpha value is -2.57. The van der Waals surface area contributed by atoms with Crippen molar-refractivity contribution in [2.24, 2.45) is 0 Å². The number of rotatable bonds is 5. The zero-order valence-electron chi connectivity index (χ0n) is 14.1. The quantitative estimate of drug-likeness (QED) is 0.467. The number of hydrogen-bond acceptors (Lipinski definition) is 5. The van der Waals surface area contributed by atoms with Gasteiger partial charge in [-0.15, -0.1) is 23.1 Å². The van der Waals surface area contributed by atoms with Crippen LogP contribution >= 0.6 is 23.1 Å². The van der Waals surface area contributed by atoms with Gasteiger partial charge >= 0.3 is 0 Å². The molecule has 0 aliphatic carbocycles. The van der Waals surface area contributed by atoms with Crippen LogP contribution in [-0.2, 0) is 11.2 Å². The largest absolute Gasteiger partial charge is 0.454 e. The first kappa shape index (κ1) is 16.9. The molecule has 0 fully saturated rings. The van der Waals surface area contributed by atoms with Crippen molar-refractivity contribution in [1.29, 1.82) is 0 Å². The molecule has 130 valence electrons. The first-order chi connectivity index (χ1) is 12.7.